The van der Waals surface area contributed by atoms with E-state index >= 15 is 0 Å². The van der Waals surface area contributed by atoms with Crippen LogP contribution in [0.4, 0.5) is 0 Å². The number of aliphatic hydroxyl groups is 1. The molecule has 0 fully saturated rings. The van der Waals surface area contributed by atoms with Gasteiger partial charge in [0.2, 0.25) is 0 Å². The minimum atomic E-state index is 0.226. The number of hydrogen-bond donors (Lipinski definition) is 2. The largest absolute Gasteiger partial charge is 0.396 e. The van der Waals surface area contributed by atoms with Crippen molar-refractivity contribution in [1.82, 2.24) is 5.32 Å². The van der Waals surface area contributed by atoms with Crippen LogP contribution in [0.2, 0.25) is 4.34 Å². The Morgan fingerprint density at radius 1 is 1.20 bits per heavy atom. The SMILES string of the molecule is C[C@@H](N[C@@H](CCCO)c1ccccc1)c1ccc(Cl)s1. The van der Waals surface area contributed by atoms with Gasteiger partial charge in [0.15, 0.2) is 0 Å². The first-order valence-electron chi connectivity index (χ1n) is 6.88. The van der Waals surface area contributed by atoms with E-state index in [2.05, 4.69) is 42.6 Å². The summed E-state index contributed by atoms with van der Waals surface area (Å²) in [5.41, 5.74) is 1.26. The standard InChI is InChI=1S/C16H20ClNOS/c1-12(15-9-10-16(17)20-15)18-14(8-5-11-19)13-6-3-2-4-7-13/h2-4,6-7,9-10,12,14,18-19H,5,8,11H2,1H3/t12-,14+/m1/s1. The molecule has 108 valence electrons. The van der Waals surface area contributed by atoms with Crippen molar-refractivity contribution in [2.24, 2.45) is 0 Å². The van der Waals surface area contributed by atoms with Crippen LogP contribution in [-0.4, -0.2) is 11.7 Å². The van der Waals surface area contributed by atoms with E-state index in [1.807, 2.05) is 12.1 Å². The molecule has 0 amide bonds. The maximum atomic E-state index is 9.07. The molecule has 2 aromatic rings. The lowest BCUT2D eigenvalue weighted by Crippen LogP contribution is -2.24. The van der Waals surface area contributed by atoms with E-state index in [4.69, 9.17) is 16.7 Å². The molecule has 0 saturated heterocycles. The van der Waals surface area contributed by atoms with Gasteiger partial charge in [-0.2, -0.15) is 0 Å². The van der Waals surface area contributed by atoms with Gasteiger partial charge >= 0.3 is 0 Å². The molecule has 4 heteroatoms. The van der Waals surface area contributed by atoms with Crippen molar-refractivity contribution < 1.29 is 5.11 Å². The van der Waals surface area contributed by atoms with Gasteiger partial charge in [0, 0.05) is 23.6 Å². The minimum absolute atomic E-state index is 0.226. The average molecular weight is 310 g/mol. The van der Waals surface area contributed by atoms with Gasteiger partial charge in [0.1, 0.15) is 0 Å². The predicted octanol–water partition coefficient (Wildman–Crippen LogP) is 4.57. The third kappa shape index (κ3) is 4.32. The van der Waals surface area contributed by atoms with Crippen molar-refractivity contribution in [2.45, 2.75) is 31.8 Å². The number of halogens is 1. The fraction of sp³-hybridized carbons (Fsp3) is 0.375. The molecule has 0 aliphatic carbocycles. The van der Waals surface area contributed by atoms with Crippen molar-refractivity contribution in [3.63, 3.8) is 0 Å². The van der Waals surface area contributed by atoms with Crippen molar-refractivity contribution in [2.75, 3.05) is 6.61 Å². The van der Waals surface area contributed by atoms with Crippen molar-refractivity contribution in [3.05, 3.63) is 57.2 Å². The van der Waals surface area contributed by atoms with Crippen molar-refractivity contribution in [1.29, 1.82) is 0 Å². The monoisotopic (exact) mass is 309 g/mol. The molecule has 2 N–H and O–H groups in total. The van der Waals surface area contributed by atoms with Crippen LogP contribution < -0.4 is 5.32 Å². The van der Waals surface area contributed by atoms with Gasteiger partial charge in [-0.15, -0.1) is 11.3 Å². The highest BCUT2D eigenvalue weighted by Gasteiger charge is 2.16. The summed E-state index contributed by atoms with van der Waals surface area (Å²) in [6.07, 6.45) is 1.72. The zero-order chi connectivity index (χ0) is 14.4. The summed E-state index contributed by atoms with van der Waals surface area (Å²) >= 11 is 7.61. The smallest absolute Gasteiger partial charge is 0.0931 e. The summed E-state index contributed by atoms with van der Waals surface area (Å²) in [7, 11) is 0. The second kappa shape index (κ2) is 7.79. The lowest BCUT2D eigenvalue weighted by molar-refractivity contribution is 0.272. The molecule has 0 unspecified atom stereocenters. The van der Waals surface area contributed by atoms with Crippen molar-refractivity contribution >= 4 is 22.9 Å². The summed E-state index contributed by atoms with van der Waals surface area (Å²) in [6.45, 7) is 2.38. The lowest BCUT2D eigenvalue weighted by Gasteiger charge is -2.23. The first kappa shape index (κ1) is 15.5. The third-order valence-corrected chi connectivity index (χ3v) is 4.74. The quantitative estimate of drug-likeness (QED) is 0.785. The molecular weight excluding hydrogens is 290 g/mol. The molecule has 1 heterocycles. The molecule has 0 spiro atoms. The second-order valence-electron chi connectivity index (χ2n) is 4.86. The van der Waals surface area contributed by atoms with E-state index < -0.39 is 0 Å². The molecule has 0 radical (unpaired) electrons. The summed E-state index contributed by atoms with van der Waals surface area (Å²) < 4.78 is 0.820. The Balaban J connectivity index is 2.07. The topological polar surface area (TPSA) is 32.3 Å². The van der Waals surface area contributed by atoms with Crippen LogP contribution in [-0.2, 0) is 0 Å². The van der Waals surface area contributed by atoms with Crippen LogP contribution in [0.25, 0.3) is 0 Å². The van der Waals surface area contributed by atoms with Gasteiger partial charge in [-0.05, 0) is 37.5 Å². The van der Waals surface area contributed by atoms with E-state index in [0.29, 0.717) is 0 Å². The molecule has 2 atom stereocenters. The number of nitrogens with one attached hydrogen (secondary N) is 1. The maximum absolute atomic E-state index is 9.07. The van der Waals surface area contributed by atoms with Gasteiger partial charge in [-0.1, -0.05) is 41.9 Å². The van der Waals surface area contributed by atoms with Crippen LogP contribution in [0.5, 0.6) is 0 Å². The highest BCUT2D eigenvalue weighted by atomic mass is 35.5. The molecule has 0 saturated carbocycles. The number of hydrogen-bond acceptors (Lipinski definition) is 3. The van der Waals surface area contributed by atoms with Gasteiger partial charge < -0.3 is 10.4 Å². The zero-order valence-electron chi connectivity index (χ0n) is 11.6. The third-order valence-electron chi connectivity index (χ3n) is 3.32. The van der Waals surface area contributed by atoms with Crippen LogP contribution in [0.3, 0.4) is 0 Å². The van der Waals surface area contributed by atoms with Gasteiger partial charge in [-0.25, -0.2) is 0 Å². The summed E-state index contributed by atoms with van der Waals surface area (Å²) in [4.78, 5) is 1.24. The summed E-state index contributed by atoms with van der Waals surface area (Å²) in [5, 5.41) is 12.7. The molecule has 2 nitrogen and oxygen atoms in total. The first-order chi connectivity index (χ1) is 9.70. The molecule has 2 rings (SSSR count). The Kier molecular flexibility index (Phi) is 6.05. The van der Waals surface area contributed by atoms with Gasteiger partial charge in [-0.3, -0.25) is 0 Å². The van der Waals surface area contributed by atoms with E-state index in [1.54, 1.807) is 11.3 Å². The number of aliphatic hydroxyl groups excluding tert-OH is 1. The molecule has 0 bridgehead atoms. The number of benzene rings is 1. The van der Waals surface area contributed by atoms with Crippen LogP contribution in [0.1, 0.15) is 42.3 Å². The van der Waals surface area contributed by atoms with Crippen LogP contribution in [0, 0.1) is 0 Å². The first-order valence-corrected chi connectivity index (χ1v) is 8.07. The summed E-state index contributed by atoms with van der Waals surface area (Å²) in [6, 6.07) is 14.9. The predicted molar refractivity (Wildman–Crippen MR) is 86.4 cm³/mol. The molecule has 20 heavy (non-hydrogen) atoms. The summed E-state index contributed by atoms with van der Waals surface area (Å²) in [5.74, 6) is 0. The molecule has 0 aliphatic heterocycles. The van der Waals surface area contributed by atoms with E-state index in [0.717, 1.165) is 17.2 Å². The van der Waals surface area contributed by atoms with Crippen molar-refractivity contribution in [3.8, 4) is 0 Å². The minimum Gasteiger partial charge on any atom is -0.396 e. The zero-order valence-corrected chi connectivity index (χ0v) is 13.1. The maximum Gasteiger partial charge on any atom is 0.0931 e. The van der Waals surface area contributed by atoms with E-state index in [-0.39, 0.29) is 18.7 Å². The fourth-order valence-electron chi connectivity index (χ4n) is 2.27. The average Bonchev–Trinajstić information content (AvgIpc) is 2.91. The lowest BCUT2D eigenvalue weighted by atomic mass is 10.0. The second-order valence-corrected chi connectivity index (χ2v) is 6.61. The molecule has 0 aliphatic rings. The van der Waals surface area contributed by atoms with E-state index in [9.17, 15) is 0 Å². The molecule has 1 aromatic heterocycles. The van der Waals surface area contributed by atoms with Crippen LogP contribution >= 0.6 is 22.9 Å². The Morgan fingerprint density at radius 3 is 2.55 bits per heavy atom. The number of thiophene rings is 1. The normalized spacial score (nSPS) is 14.2. The fourth-order valence-corrected chi connectivity index (χ4v) is 3.34. The van der Waals surface area contributed by atoms with Crippen LogP contribution in [0.15, 0.2) is 42.5 Å². The highest BCUT2D eigenvalue weighted by Crippen LogP contribution is 2.29. The number of rotatable bonds is 7. The molecule has 1 aromatic carbocycles. The van der Waals surface area contributed by atoms with Gasteiger partial charge in [0.05, 0.1) is 4.34 Å². The van der Waals surface area contributed by atoms with E-state index in [1.165, 1.54) is 10.4 Å². The Bertz CT molecular complexity index is 514. The Morgan fingerprint density at radius 2 is 1.95 bits per heavy atom. The Hall–Kier alpha value is -0.870. The molecular formula is C16H20ClNOS. The Labute approximate surface area is 129 Å². The highest BCUT2D eigenvalue weighted by molar-refractivity contribution is 7.16. The van der Waals surface area contributed by atoms with Gasteiger partial charge in [0.25, 0.3) is 0 Å².